The summed E-state index contributed by atoms with van der Waals surface area (Å²) in [6, 6.07) is 25.3. The quantitative estimate of drug-likeness (QED) is 0.295. The molecular weight excluding hydrogens is 576 g/mol. The Labute approximate surface area is 262 Å². The zero-order chi connectivity index (χ0) is 31.2. The van der Waals surface area contributed by atoms with E-state index < -0.39 is 24.0 Å². The number of benzene rings is 3. The highest BCUT2D eigenvalue weighted by atomic mass is 16.6. The minimum Gasteiger partial charge on any atom is -0.497 e. The van der Waals surface area contributed by atoms with Gasteiger partial charge in [-0.25, -0.2) is 4.79 Å². The van der Waals surface area contributed by atoms with Crippen LogP contribution < -0.4 is 20.5 Å². The number of nitrogens with one attached hydrogen (secondary N) is 1. The van der Waals surface area contributed by atoms with Crippen molar-refractivity contribution in [1.82, 2.24) is 10.2 Å². The molecule has 0 bridgehead atoms. The number of methoxy groups -OCH3 is 2. The number of rotatable bonds is 12. The van der Waals surface area contributed by atoms with Gasteiger partial charge in [-0.2, -0.15) is 0 Å². The highest BCUT2D eigenvalue weighted by molar-refractivity contribution is 6.09. The first-order valence-corrected chi connectivity index (χ1v) is 14.9. The molecule has 235 valence electrons. The Hall–Kier alpha value is -4.42. The minimum atomic E-state index is -1.03. The van der Waals surface area contributed by atoms with E-state index in [1.807, 2.05) is 85.3 Å². The molecule has 0 unspecified atom stereocenters. The van der Waals surface area contributed by atoms with Crippen LogP contribution in [0.25, 0.3) is 0 Å². The van der Waals surface area contributed by atoms with E-state index in [-0.39, 0.29) is 12.6 Å². The summed E-state index contributed by atoms with van der Waals surface area (Å²) in [4.78, 5) is 19.8. The summed E-state index contributed by atoms with van der Waals surface area (Å²) in [6.45, 7) is 1.20. The van der Waals surface area contributed by atoms with Crippen molar-refractivity contribution in [3.63, 3.8) is 0 Å². The summed E-state index contributed by atoms with van der Waals surface area (Å²) < 4.78 is 30.5. The molecule has 3 aliphatic heterocycles. The summed E-state index contributed by atoms with van der Waals surface area (Å²) >= 11 is 0. The third kappa shape index (κ3) is 6.25. The molecule has 3 heterocycles. The van der Waals surface area contributed by atoms with Crippen molar-refractivity contribution in [1.29, 1.82) is 0 Å². The van der Waals surface area contributed by atoms with E-state index in [1.54, 1.807) is 20.4 Å². The molecule has 0 aliphatic carbocycles. The van der Waals surface area contributed by atoms with Crippen LogP contribution in [0, 0.1) is 6.42 Å². The van der Waals surface area contributed by atoms with E-state index in [2.05, 4.69) is 10.5 Å². The number of ether oxygens (including phenoxy) is 5. The number of hydrogen-bond donors (Lipinski definition) is 2. The van der Waals surface area contributed by atoms with E-state index in [4.69, 9.17) is 34.3 Å². The molecule has 11 nitrogen and oxygen atoms in total. The van der Waals surface area contributed by atoms with Gasteiger partial charge in [0.05, 0.1) is 33.5 Å². The molecule has 0 spiro atoms. The van der Waals surface area contributed by atoms with Crippen LogP contribution in [-0.4, -0.2) is 75.8 Å². The summed E-state index contributed by atoms with van der Waals surface area (Å²) in [6.07, 6.45) is 2.48. The first-order valence-electron chi connectivity index (χ1n) is 14.9. The van der Waals surface area contributed by atoms with Gasteiger partial charge in [0.25, 0.3) is 0 Å². The predicted molar refractivity (Wildman–Crippen MR) is 166 cm³/mol. The number of fused-ring (bicyclic) bond motifs is 1. The number of oxime groups is 1. The number of nitrogens with two attached hydrogens (primary N) is 1. The maximum Gasteiger partial charge on any atom is 0.329 e. The highest BCUT2D eigenvalue weighted by Gasteiger charge is 2.45. The molecule has 3 aromatic rings. The lowest BCUT2D eigenvalue weighted by atomic mass is 9.80. The van der Waals surface area contributed by atoms with E-state index in [1.165, 1.54) is 4.90 Å². The zero-order valence-electron chi connectivity index (χ0n) is 25.3. The lowest BCUT2D eigenvalue weighted by Gasteiger charge is -2.37. The van der Waals surface area contributed by atoms with Gasteiger partial charge in [-0.1, -0.05) is 59.8 Å². The molecular formula is C34H37N4O7. The number of hydrogen-bond acceptors (Lipinski definition) is 9. The Morgan fingerprint density at radius 1 is 0.956 bits per heavy atom. The second kappa shape index (κ2) is 13.7. The fourth-order valence-corrected chi connectivity index (χ4v) is 5.80. The first-order chi connectivity index (χ1) is 22.0. The van der Waals surface area contributed by atoms with Crippen LogP contribution in [0.2, 0.25) is 0 Å². The van der Waals surface area contributed by atoms with E-state index in [0.717, 1.165) is 33.8 Å². The Morgan fingerprint density at radius 2 is 1.60 bits per heavy atom. The molecule has 3 atom stereocenters. The Balaban J connectivity index is 1.34. The third-order valence-corrected chi connectivity index (χ3v) is 8.02. The van der Waals surface area contributed by atoms with Crippen LogP contribution >= 0.6 is 0 Å². The number of carbonyl (C=O) groups is 1. The standard InChI is InChI=1S/C34H37N4O7/c1-40-27-12-8-25(9-13-27)34(24-6-4-3-5-7-24,26-10-14-28(41-2)15-11-26)43-22-29-20-30(42-19-17-35)32(45-29)38-21-23-16-18-44-37-31(23)36-33(38)39/h3-15,20-21,29-30,32H,16-19,22,35H2,1-2H3,(H,36,37,39)/t29-,30-,32-/m1/s1. The van der Waals surface area contributed by atoms with Crippen molar-refractivity contribution < 1.29 is 33.3 Å². The molecule has 1 saturated heterocycles. The van der Waals surface area contributed by atoms with Gasteiger partial charge < -0.3 is 34.3 Å². The topological polar surface area (TPSA) is 126 Å². The van der Waals surface area contributed by atoms with Crippen molar-refractivity contribution >= 4 is 11.9 Å². The summed E-state index contributed by atoms with van der Waals surface area (Å²) in [5, 5.41) is 6.76. The van der Waals surface area contributed by atoms with Gasteiger partial charge in [0, 0.05) is 31.2 Å². The predicted octanol–water partition coefficient (Wildman–Crippen LogP) is 3.93. The maximum absolute atomic E-state index is 13.1. The Bertz CT molecular complexity index is 1460. The zero-order valence-corrected chi connectivity index (χ0v) is 25.3. The Morgan fingerprint density at radius 3 is 2.22 bits per heavy atom. The fourth-order valence-electron chi connectivity index (χ4n) is 5.80. The van der Waals surface area contributed by atoms with Crippen molar-refractivity contribution in [3.05, 3.63) is 114 Å². The largest absolute Gasteiger partial charge is 0.497 e. The van der Waals surface area contributed by atoms with Crippen LogP contribution in [0.1, 0.15) is 23.1 Å². The third-order valence-electron chi connectivity index (χ3n) is 8.02. The Kier molecular flexibility index (Phi) is 9.31. The minimum absolute atomic E-state index is 0.151. The molecule has 6 rings (SSSR count). The van der Waals surface area contributed by atoms with Gasteiger partial charge in [-0.15, -0.1) is 0 Å². The molecule has 45 heavy (non-hydrogen) atoms. The van der Waals surface area contributed by atoms with Crippen molar-refractivity contribution in [2.24, 2.45) is 10.9 Å². The molecule has 1 fully saturated rings. The number of nitrogens with zero attached hydrogens (tertiary/aromatic N) is 2. The number of amides is 2. The summed E-state index contributed by atoms with van der Waals surface area (Å²) in [7, 11) is 3.28. The maximum atomic E-state index is 13.1. The molecule has 0 aromatic heterocycles. The smallest absolute Gasteiger partial charge is 0.329 e. The second-order valence-electron chi connectivity index (χ2n) is 10.7. The van der Waals surface area contributed by atoms with Gasteiger partial charge >= 0.3 is 6.03 Å². The summed E-state index contributed by atoms with van der Waals surface area (Å²) in [5.74, 6) is 1.88. The van der Waals surface area contributed by atoms with Crippen LogP contribution in [0.5, 0.6) is 11.5 Å². The molecule has 3 aromatic carbocycles. The normalized spacial score (nSPS) is 21.3. The number of urea groups is 1. The van der Waals surface area contributed by atoms with Gasteiger partial charge in [0.2, 0.25) is 0 Å². The van der Waals surface area contributed by atoms with Gasteiger partial charge in [-0.3, -0.25) is 10.2 Å². The highest BCUT2D eigenvalue weighted by Crippen LogP contribution is 2.42. The van der Waals surface area contributed by atoms with Crippen molar-refractivity contribution in [2.75, 3.05) is 40.6 Å². The molecule has 3 aliphatic rings. The lowest BCUT2D eigenvalue weighted by Crippen LogP contribution is -2.53. The molecule has 0 saturated carbocycles. The van der Waals surface area contributed by atoms with E-state index in [0.29, 0.717) is 32.0 Å². The first kappa shape index (κ1) is 30.6. The van der Waals surface area contributed by atoms with Crippen LogP contribution in [0.3, 0.4) is 0 Å². The van der Waals surface area contributed by atoms with Gasteiger partial charge in [0.15, 0.2) is 12.1 Å². The van der Waals surface area contributed by atoms with Crippen molar-refractivity contribution in [2.45, 2.75) is 30.5 Å². The van der Waals surface area contributed by atoms with Crippen LogP contribution in [0.4, 0.5) is 4.79 Å². The average molecular weight is 614 g/mol. The SMILES string of the molecule is COc1ccc(C(OC[C@H]2[CH][C@@H](OCCN)[C@H](N3C=C4CCON=C4NC3=O)O2)(c2ccccc2)c2ccc(OC)cc2)cc1. The number of carbonyl (C=O) groups excluding carboxylic acids is 1. The van der Waals surface area contributed by atoms with E-state index >= 15 is 0 Å². The molecule has 3 N–H and O–H groups in total. The molecule has 11 heteroatoms. The molecule has 1 radical (unpaired) electrons. The molecule has 2 amide bonds. The average Bonchev–Trinajstić information content (AvgIpc) is 3.50. The van der Waals surface area contributed by atoms with Gasteiger partial charge in [0.1, 0.15) is 29.8 Å². The van der Waals surface area contributed by atoms with Gasteiger partial charge in [-0.05, 0) is 41.0 Å². The number of amidine groups is 1. The van der Waals surface area contributed by atoms with E-state index in [9.17, 15) is 4.79 Å². The second-order valence-corrected chi connectivity index (χ2v) is 10.7. The van der Waals surface area contributed by atoms with Crippen LogP contribution in [-0.2, 0) is 24.6 Å². The summed E-state index contributed by atoms with van der Waals surface area (Å²) in [5.41, 5.74) is 8.32. The monoisotopic (exact) mass is 613 g/mol. The lowest BCUT2D eigenvalue weighted by molar-refractivity contribution is -0.100. The fraction of sp³-hybridized carbons (Fsp3) is 0.324. The van der Waals surface area contributed by atoms with Crippen LogP contribution in [0.15, 0.2) is 95.8 Å². The van der Waals surface area contributed by atoms with Crippen molar-refractivity contribution in [3.8, 4) is 11.5 Å².